The number of aromatic nitrogens is 1. The van der Waals surface area contributed by atoms with Crippen molar-refractivity contribution in [1.29, 1.82) is 5.26 Å². The Bertz CT molecular complexity index is 688. The van der Waals surface area contributed by atoms with Gasteiger partial charge in [-0.15, -0.1) is 0 Å². The summed E-state index contributed by atoms with van der Waals surface area (Å²) < 4.78 is 0. The molecule has 0 spiro atoms. The number of carbonyl (C=O) groups is 1. The predicted octanol–water partition coefficient (Wildman–Crippen LogP) is 3.35. The van der Waals surface area contributed by atoms with Gasteiger partial charge < -0.3 is 10.4 Å². The molecule has 0 saturated heterocycles. The van der Waals surface area contributed by atoms with E-state index in [1.165, 1.54) is 6.07 Å². The summed E-state index contributed by atoms with van der Waals surface area (Å²) in [5.41, 5.74) is 2.28. The number of benzene rings is 1. The minimum atomic E-state index is -0.974. The van der Waals surface area contributed by atoms with Crippen LogP contribution in [0.15, 0.2) is 36.4 Å². The van der Waals surface area contributed by atoms with Gasteiger partial charge in [-0.05, 0) is 42.8 Å². The van der Waals surface area contributed by atoms with Crippen LogP contribution in [-0.2, 0) is 6.42 Å². The third kappa shape index (κ3) is 3.80. The number of hydrogen-bond acceptors (Lipinski definition) is 4. The molecule has 21 heavy (non-hydrogen) atoms. The van der Waals surface area contributed by atoms with Crippen molar-refractivity contribution in [1.82, 2.24) is 4.98 Å². The Morgan fingerprint density at radius 1 is 1.33 bits per heavy atom. The summed E-state index contributed by atoms with van der Waals surface area (Å²) in [6.07, 6.45) is 1.62. The first-order valence-corrected chi connectivity index (χ1v) is 6.64. The number of aryl methyl sites for hydroxylation is 1. The highest BCUT2D eigenvalue weighted by atomic mass is 16.4. The highest BCUT2D eigenvalue weighted by Gasteiger charge is 2.08. The van der Waals surface area contributed by atoms with Gasteiger partial charge in [0.1, 0.15) is 5.82 Å². The lowest BCUT2D eigenvalue weighted by molar-refractivity contribution is 0.0696. The van der Waals surface area contributed by atoms with Crippen molar-refractivity contribution < 1.29 is 9.90 Å². The molecule has 106 valence electrons. The second-order valence-electron chi connectivity index (χ2n) is 4.60. The van der Waals surface area contributed by atoms with Crippen molar-refractivity contribution in [2.24, 2.45) is 0 Å². The molecule has 1 aromatic heterocycles. The molecule has 0 radical (unpaired) electrons. The van der Waals surface area contributed by atoms with E-state index in [9.17, 15) is 4.79 Å². The predicted molar refractivity (Wildman–Crippen MR) is 79.6 cm³/mol. The quantitative estimate of drug-likeness (QED) is 0.877. The summed E-state index contributed by atoms with van der Waals surface area (Å²) in [4.78, 5) is 15.6. The van der Waals surface area contributed by atoms with E-state index in [-0.39, 0.29) is 5.56 Å². The summed E-state index contributed by atoms with van der Waals surface area (Å²) in [6, 6.07) is 12.0. The minimum absolute atomic E-state index is 0.213. The third-order valence-electron chi connectivity index (χ3n) is 2.92. The van der Waals surface area contributed by atoms with E-state index in [1.54, 1.807) is 30.3 Å². The second kappa shape index (κ2) is 6.53. The molecule has 0 bridgehead atoms. The van der Waals surface area contributed by atoms with Crippen LogP contribution in [0.3, 0.4) is 0 Å². The van der Waals surface area contributed by atoms with Crippen LogP contribution in [0.1, 0.15) is 35.0 Å². The molecule has 0 unspecified atom stereocenters. The van der Waals surface area contributed by atoms with Crippen molar-refractivity contribution in [2.75, 3.05) is 5.32 Å². The van der Waals surface area contributed by atoms with E-state index >= 15 is 0 Å². The SMILES string of the molecule is CCCc1cc(C(=O)O)cc(Nc2ccc(C#N)cc2)n1. The van der Waals surface area contributed by atoms with E-state index in [0.29, 0.717) is 11.4 Å². The zero-order valence-corrected chi connectivity index (χ0v) is 11.6. The maximum Gasteiger partial charge on any atom is 0.335 e. The molecule has 0 aliphatic heterocycles. The van der Waals surface area contributed by atoms with Gasteiger partial charge in [0.2, 0.25) is 0 Å². The molecule has 2 rings (SSSR count). The molecule has 2 N–H and O–H groups in total. The van der Waals surface area contributed by atoms with E-state index in [0.717, 1.165) is 24.2 Å². The Hall–Kier alpha value is -2.87. The number of carboxylic acids is 1. The lowest BCUT2D eigenvalue weighted by Gasteiger charge is -2.09. The van der Waals surface area contributed by atoms with Gasteiger partial charge >= 0.3 is 5.97 Å². The topological polar surface area (TPSA) is 86.0 Å². The monoisotopic (exact) mass is 281 g/mol. The zero-order chi connectivity index (χ0) is 15.2. The summed E-state index contributed by atoms with van der Waals surface area (Å²) in [7, 11) is 0. The largest absolute Gasteiger partial charge is 0.478 e. The van der Waals surface area contributed by atoms with Gasteiger partial charge in [-0.25, -0.2) is 9.78 Å². The Morgan fingerprint density at radius 2 is 2.05 bits per heavy atom. The fourth-order valence-electron chi connectivity index (χ4n) is 1.94. The molecule has 0 aliphatic carbocycles. The van der Waals surface area contributed by atoms with Crippen LogP contribution in [0.4, 0.5) is 11.5 Å². The van der Waals surface area contributed by atoms with E-state index in [1.807, 2.05) is 13.0 Å². The van der Waals surface area contributed by atoms with E-state index < -0.39 is 5.97 Å². The summed E-state index contributed by atoms with van der Waals surface area (Å²) in [6.45, 7) is 2.02. The molecule has 0 aliphatic rings. The summed E-state index contributed by atoms with van der Waals surface area (Å²) in [5, 5.41) is 21.0. The smallest absolute Gasteiger partial charge is 0.335 e. The normalized spacial score (nSPS) is 9.90. The number of nitrogens with zero attached hydrogens (tertiary/aromatic N) is 2. The Labute approximate surface area is 122 Å². The van der Waals surface area contributed by atoms with Crippen molar-refractivity contribution >= 4 is 17.5 Å². The van der Waals surface area contributed by atoms with Crippen LogP contribution >= 0.6 is 0 Å². The average Bonchev–Trinajstić information content (AvgIpc) is 2.48. The lowest BCUT2D eigenvalue weighted by Crippen LogP contribution is -2.03. The molecule has 0 saturated carbocycles. The van der Waals surface area contributed by atoms with Gasteiger partial charge in [-0.2, -0.15) is 5.26 Å². The molecule has 1 aromatic carbocycles. The molecule has 0 amide bonds. The first-order chi connectivity index (χ1) is 10.1. The standard InChI is InChI=1S/C16H15N3O2/c1-2-3-14-8-12(16(20)21)9-15(19-14)18-13-6-4-11(10-17)5-7-13/h4-9H,2-3H2,1H3,(H,18,19)(H,20,21). The molecule has 5 heteroatoms. The molecule has 2 aromatic rings. The number of carboxylic acid groups (broad SMARTS) is 1. The first kappa shape index (κ1) is 14.5. The average molecular weight is 281 g/mol. The number of pyridine rings is 1. The summed E-state index contributed by atoms with van der Waals surface area (Å²) in [5.74, 6) is -0.485. The summed E-state index contributed by atoms with van der Waals surface area (Å²) >= 11 is 0. The highest BCUT2D eigenvalue weighted by Crippen LogP contribution is 2.18. The zero-order valence-electron chi connectivity index (χ0n) is 11.6. The van der Waals surface area contributed by atoms with Gasteiger partial charge in [-0.1, -0.05) is 13.3 Å². The number of nitrogens with one attached hydrogen (secondary N) is 1. The lowest BCUT2D eigenvalue weighted by atomic mass is 10.1. The number of rotatable bonds is 5. The van der Waals surface area contributed by atoms with Crippen molar-refractivity contribution in [2.45, 2.75) is 19.8 Å². The Kier molecular flexibility index (Phi) is 4.52. The number of aromatic carboxylic acids is 1. The van der Waals surface area contributed by atoms with Crippen LogP contribution in [0.25, 0.3) is 0 Å². The minimum Gasteiger partial charge on any atom is -0.478 e. The van der Waals surface area contributed by atoms with Gasteiger partial charge in [-0.3, -0.25) is 0 Å². The molecule has 1 heterocycles. The van der Waals surface area contributed by atoms with Crippen LogP contribution < -0.4 is 5.32 Å². The second-order valence-corrected chi connectivity index (χ2v) is 4.60. The van der Waals surface area contributed by atoms with Gasteiger partial charge in [0.25, 0.3) is 0 Å². The number of hydrogen-bond donors (Lipinski definition) is 2. The molecule has 5 nitrogen and oxygen atoms in total. The Morgan fingerprint density at radius 3 is 2.62 bits per heavy atom. The first-order valence-electron chi connectivity index (χ1n) is 6.64. The number of nitriles is 1. The van der Waals surface area contributed by atoms with E-state index in [2.05, 4.69) is 10.3 Å². The fourth-order valence-corrected chi connectivity index (χ4v) is 1.94. The maximum atomic E-state index is 11.2. The molecule has 0 fully saturated rings. The van der Waals surface area contributed by atoms with Crippen LogP contribution in [0.2, 0.25) is 0 Å². The third-order valence-corrected chi connectivity index (χ3v) is 2.92. The van der Waals surface area contributed by atoms with Gasteiger partial charge in [0, 0.05) is 11.4 Å². The van der Waals surface area contributed by atoms with Crippen molar-refractivity contribution in [3.63, 3.8) is 0 Å². The van der Waals surface area contributed by atoms with Crippen LogP contribution in [-0.4, -0.2) is 16.1 Å². The maximum absolute atomic E-state index is 11.2. The van der Waals surface area contributed by atoms with Gasteiger partial charge in [0.15, 0.2) is 0 Å². The molecular weight excluding hydrogens is 266 g/mol. The van der Waals surface area contributed by atoms with Crippen molar-refractivity contribution in [3.05, 3.63) is 53.2 Å². The molecule has 0 atom stereocenters. The van der Waals surface area contributed by atoms with Crippen LogP contribution in [0, 0.1) is 11.3 Å². The highest BCUT2D eigenvalue weighted by molar-refractivity contribution is 5.88. The van der Waals surface area contributed by atoms with Crippen molar-refractivity contribution in [3.8, 4) is 6.07 Å². The van der Waals surface area contributed by atoms with Gasteiger partial charge in [0.05, 0.1) is 17.2 Å². The number of anilines is 2. The van der Waals surface area contributed by atoms with E-state index in [4.69, 9.17) is 10.4 Å². The fraction of sp³-hybridized carbons (Fsp3) is 0.188. The Balaban J connectivity index is 2.29. The van der Waals surface area contributed by atoms with Crippen LogP contribution in [0.5, 0.6) is 0 Å². The molecular formula is C16H15N3O2.